The molecule has 1 aromatic carbocycles. The van der Waals surface area contributed by atoms with E-state index in [0.717, 1.165) is 5.69 Å². The van der Waals surface area contributed by atoms with Gasteiger partial charge in [-0.2, -0.15) is 0 Å². The van der Waals surface area contributed by atoms with Crippen LogP contribution in [0.1, 0.15) is 5.69 Å². The Bertz CT molecular complexity index is 522. The summed E-state index contributed by atoms with van der Waals surface area (Å²) in [6, 6.07) is 5.72. The number of anilines is 1. The maximum absolute atomic E-state index is 12.9. The number of rotatable bonds is 1. The normalized spacial score (nSPS) is 10.4. The highest BCUT2D eigenvalue weighted by Crippen LogP contribution is 2.26. The average Bonchev–Trinajstić information content (AvgIpc) is 2.15. The van der Waals surface area contributed by atoms with Gasteiger partial charge in [0.15, 0.2) is 5.82 Å². The minimum Gasteiger partial charge on any atom is -0.384 e. The molecular formula is C11H9ClFN3. The zero-order chi connectivity index (χ0) is 11.7. The van der Waals surface area contributed by atoms with Crippen molar-refractivity contribution in [3.8, 4) is 11.4 Å². The van der Waals surface area contributed by atoms with Crippen LogP contribution in [0.2, 0.25) is 5.02 Å². The zero-order valence-corrected chi connectivity index (χ0v) is 9.29. The lowest BCUT2D eigenvalue weighted by Gasteiger charge is -2.05. The predicted octanol–water partition coefficient (Wildman–Crippen LogP) is 2.83. The molecule has 1 aromatic heterocycles. The second-order valence-electron chi connectivity index (χ2n) is 3.38. The molecule has 5 heteroatoms. The first-order valence-corrected chi connectivity index (χ1v) is 5.00. The number of benzene rings is 1. The number of nitrogens with zero attached hydrogens (tertiary/aromatic N) is 2. The Hall–Kier alpha value is -1.68. The van der Waals surface area contributed by atoms with Gasteiger partial charge in [0, 0.05) is 17.3 Å². The summed E-state index contributed by atoms with van der Waals surface area (Å²) in [5.74, 6) is 0.375. The van der Waals surface area contributed by atoms with E-state index < -0.39 is 5.82 Å². The van der Waals surface area contributed by atoms with Gasteiger partial charge in [-0.3, -0.25) is 0 Å². The van der Waals surface area contributed by atoms with E-state index in [1.165, 1.54) is 18.2 Å². The maximum atomic E-state index is 12.9. The van der Waals surface area contributed by atoms with E-state index in [0.29, 0.717) is 17.2 Å². The van der Waals surface area contributed by atoms with Crippen LogP contribution in [-0.4, -0.2) is 9.97 Å². The van der Waals surface area contributed by atoms with E-state index in [1.807, 2.05) is 0 Å². The Balaban J connectivity index is 2.58. The van der Waals surface area contributed by atoms with Crippen molar-refractivity contribution in [2.75, 3.05) is 5.73 Å². The minimum atomic E-state index is -0.394. The van der Waals surface area contributed by atoms with E-state index in [4.69, 9.17) is 17.3 Å². The van der Waals surface area contributed by atoms with Crippen LogP contribution in [0.3, 0.4) is 0 Å². The smallest absolute Gasteiger partial charge is 0.163 e. The van der Waals surface area contributed by atoms with Gasteiger partial charge in [0.2, 0.25) is 0 Å². The van der Waals surface area contributed by atoms with Gasteiger partial charge in [0.1, 0.15) is 11.6 Å². The van der Waals surface area contributed by atoms with Crippen LogP contribution < -0.4 is 5.73 Å². The molecule has 2 N–H and O–H groups in total. The Kier molecular flexibility index (Phi) is 2.75. The lowest BCUT2D eigenvalue weighted by atomic mass is 10.2. The lowest BCUT2D eigenvalue weighted by molar-refractivity contribution is 0.628. The first-order chi connectivity index (χ1) is 7.56. The second kappa shape index (κ2) is 4.06. The van der Waals surface area contributed by atoms with Gasteiger partial charge in [-0.05, 0) is 25.1 Å². The molecule has 3 nitrogen and oxygen atoms in total. The number of halogens is 2. The first kappa shape index (κ1) is 10.8. The molecule has 0 saturated heterocycles. The van der Waals surface area contributed by atoms with Crippen LogP contribution in [0, 0.1) is 12.7 Å². The monoisotopic (exact) mass is 237 g/mol. The van der Waals surface area contributed by atoms with Crippen molar-refractivity contribution in [1.29, 1.82) is 0 Å². The molecule has 0 aliphatic rings. The maximum Gasteiger partial charge on any atom is 0.163 e. The SMILES string of the molecule is Cc1cc(N)nc(-c2ccc(F)cc2Cl)n1. The average molecular weight is 238 g/mol. The quantitative estimate of drug-likeness (QED) is 0.830. The molecule has 0 radical (unpaired) electrons. The molecule has 0 amide bonds. The summed E-state index contributed by atoms with van der Waals surface area (Å²) in [6.07, 6.45) is 0. The molecule has 2 rings (SSSR count). The number of aromatic nitrogens is 2. The van der Waals surface area contributed by atoms with E-state index in [9.17, 15) is 4.39 Å². The molecule has 1 heterocycles. The molecule has 2 aromatic rings. The highest BCUT2D eigenvalue weighted by atomic mass is 35.5. The van der Waals surface area contributed by atoms with Crippen molar-refractivity contribution in [3.05, 3.63) is 40.8 Å². The molecule has 0 atom stereocenters. The van der Waals surface area contributed by atoms with E-state index in [-0.39, 0.29) is 5.02 Å². The predicted molar refractivity (Wildman–Crippen MR) is 61.6 cm³/mol. The van der Waals surface area contributed by atoms with Crippen molar-refractivity contribution in [2.45, 2.75) is 6.92 Å². The van der Waals surface area contributed by atoms with Gasteiger partial charge in [-0.15, -0.1) is 0 Å². The van der Waals surface area contributed by atoms with E-state index in [2.05, 4.69) is 9.97 Å². The Morgan fingerprint density at radius 2 is 2.00 bits per heavy atom. The zero-order valence-electron chi connectivity index (χ0n) is 8.54. The van der Waals surface area contributed by atoms with Gasteiger partial charge < -0.3 is 5.73 Å². The van der Waals surface area contributed by atoms with Crippen molar-refractivity contribution in [2.24, 2.45) is 0 Å². The van der Waals surface area contributed by atoms with Crippen molar-refractivity contribution in [3.63, 3.8) is 0 Å². The van der Waals surface area contributed by atoms with Crippen LogP contribution in [-0.2, 0) is 0 Å². The second-order valence-corrected chi connectivity index (χ2v) is 3.79. The first-order valence-electron chi connectivity index (χ1n) is 4.63. The van der Waals surface area contributed by atoms with Gasteiger partial charge in [0.25, 0.3) is 0 Å². The summed E-state index contributed by atoms with van der Waals surface area (Å²) in [7, 11) is 0. The van der Waals surface area contributed by atoms with Gasteiger partial charge in [0.05, 0.1) is 5.02 Å². The van der Waals surface area contributed by atoms with Crippen LogP contribution in [0.4, 0.5) is 10.2 Å². The third-order valence-electron chi connectivity index (χ3n) is 2.05. The van der Waals surface area contributed by atoms with Gasteiger partial charge in [-0.1, -0.05) is 11.6 Å². The number of nitrogens with two attached hydrogens (primary N) is 1. The molecule has 0 unspecified atom stereocenters. The molecule has 0 saturated carbocycles. The number of hydrogen-bond donors (Lipinski definition) is 1. The van der Waals surface area contributed by atoms with Gasteiger partial charge in [-0.25, -0.2) is 14.4 Å². The molecule has 82 valence electrons. The standard InChI is InChI=1S/C11H9ClFN3/c1-6-4-10(14)16-11(15-6)8-3-2-7(13)5-9(8)12/h2-5H,1H3,(H2,14,15,16). The third-order valence-corrected chi connectivity index (χ3v) is 2.36. The fourth-order valence-corrected chi connectivity index (χ4v) is 1.64. The summed E-state index contributed by atoms with van der Waals surface area (Å²) in [6.45, 7) is 1.80. The van der Waals surface area contributed by atoms with Crippen LogP contribution in [0.5, 0.6) is 0 Å². The molecule has 16 heavy (non-hydrogen) atoms. The Morgan fingerprint density at radius 1 is 1.25 bits per heavy atom. The summed E-state index contributed by atoms with van der Waals surface area (Å²) < 4.78 is 12.9. The summed E-state index contributed by atoms with van der Waals surface area (Å²) >= 11 is 5.91. The third kappa shape index (κ3) is 2.12. The number of hydrogen-bond acceptors (Lipinski definition) is 3. The molecule has 0 fully saturated rings. The fraction of sp³-hybridized carbons (Fsp3) is 0.0909. The summed E-state index contributed by atoms with van der Waals surface area (Å²) in [4.78, 5) is 8.25. The molecule has 0 aliphatic heterocycles. The Labute approximate surface area is 97.1 Å². The van der Waals surface area contributed by atoms with E-state index in [1.54, 1.807) is 13.0 Å². The lowest BCUT2D eigenvalue weighted by Crippen LogP contribution is -1.98. The van der Waals surface area contributed by atoms with Crippen molar-refractivity contribution >= 4 is 17.4 Å². The summed E-state index contributed by atoms with van der Waals surface area (Å²) in [5, 5.41) is 0.269. The van der Waals surface area contributed by atoms with Crippen molar-refractivity contribution in [1.82, 2.24) is 9.97 Å². The Morgan fingerprint density at radius 3 is 2.62 bits per heavy atom. The molecular weight excluding hydrogens is 229 g/mol. The minimum absolute atomic E-state index is 0.269. The van der Waals surface area contributed by atoms with Crippen LogP contribution in [0.25, 0.3) is 11.4 Å². The molecule has 0 aliphatic carbocycles. The summed E-state index contributed by atoms with van der Waals surface area (Å²) in [5.41, 5.74) is 6.92. The molecule has 0 spiro atoms. The highest BCUT2D eigenvalue weighted by Gasteiger charge is 2.08. The number of aryl methyl sites for hydroxylation is 1. The number of nitrogen functional groups attached to an aromatic ring is 1. The van der Waals surface area contributed by atoms with Gasteiger partial charge >= 0.3 is 0 Å². The van der Waals surface area contributed by atoms with Crippen LogP contribution in [0.15, 0.2) is 24.3 Å². The largest absolute Gasteiger partial charge is 0.384 e. The van der Waals surface area contributed by atoms with E-state index >= 15 is 0 Å². The van der Waals surface area contributed by atoms with Crippen LogP contribution >= 0.6 is 11.6 Å². The fourth-order valence-electron chi connectivity index (χ4n) is 1.38. The highest BCUT2D eigenvalue weighted by molar-refractivity contribution is 6.33. The molecule has 0 bridgehead atoms. The van der Waals surface area contributed by atoms with Crippen molar-refractivity contribution < 1.29 is 4.39 Å². The topological polar surface area (TPSA) is 51.8 Å².